The Labute approximate surface area is 127 Å². The van der Waals surface area contributed by atoms with Gasteiger partial charge in [-0.1, -0.05) is 6.92 Å². The lowest BCUT2D eigenvalue weighted by atomic mass is 9.88. The fourth-order valence-electron chi connectivity index (χ4n) is 3.06. The lowest BCUT2D eigenvalue weighted by Gasteiger charge is -2.33. The third-order valence-corrected chi connectivity index (χ3v) is 5.36. The van der Waals surface area contributed by atoms with Gasteiger partial charge in [-0.05, 0) is 30.7 Å². The molecule has 21 heavy (non-hydrogen) atoms. The molecule has 1 fully saturated rings. The van der Waals surface area contributed by atoms with Crippen molar-refractivity contribution in [1.29, 1.82) is 0 Å². The van der Waals surface area contributed by atoms with E-state index in [4.69, 9.17) is 4.74 Å². The van der Waals surface area contributed by atoms with Gasteiger partial charge in [0.25, 0.3) is 5.91 Å². The highest BCUT2D eigenvalue weighted by Crippen LogP contribution is 2.33. The second-order valence-electron chi connectivity index (χ2n) is 5.83. The van der Waals surface area contributed by atoms with Crippen LogP contribution in [0.2, 0.25) is 0 Å². The van der Waals surface area contributed by atoms with Crippen molar-refractivity contribution in [3.8, 4) is 0 Å². The zero-order valence-corrected chi connectivity index (χ0v) is 12.8. The second kappa shape index (κ2) is 5.77. The molecule has 114 valence electrons. The maximum atomic E-state index is 12.7. The van der Waals surface area contributed by atoms with Crippen molar-refractivity contribution in [1.82, 2.24) is 4.90 Å². The lowest BCUT2D eigenvalue weighted by molar-refractivity contribution is -0.147. The van der Waals surface area contributed by atoms with Gasteiger partial charge in [-0.15, -0.1) is 11.3 Å². The number of hydrogen-bond acceptors (Lipinski definition) is 4. The van der Waals surface area contributed by atoms with E-state index in [-0.39, 0.29) is 12.5 Å². The second-order valence-corrected chi connectivity index (χ2v) is 6.79. The lowest BCUT2D eigenvalue weighted by Crippen LogP contribution is -2.52. The first-order chi connectivity index (χ1) is 10.1. The van der Waals surface area contributed by atoms with E-state index in [0.29, 0.717) is 24.6 Å². The predicted octanol–water partition coefficient (Wildman–Crippen LogP) is 1.80. The highest BCUT2D eigenvalue weighted by atomic mass is 32.1. The van der Waals surface area contributed by atoms with Crippen LogP contribution in [0.25, 0.3) is 0 Å². The fourth-order valence-corrected chi connectivity index (χ4v) is 4.30. The van der Waals surface area contributed by atoms with Gasteiger partial charge in [-0.3, -0.25) is 4.79 Å². The molecule has 2 aliphatic rings. The quantitative estimate of drug-likeness (QED) is 0.904. The summed E-state index contributed by atoms with van der Waals surface area (Å²) >= 11 is 1.63. The number of morpholine rings is 1. The van der Waals surface area contributed by atoms with Crippen molar-refractivity contribution in [2.75, 3.05) is 19.8 Å². The molecule has 5 nitrogen and oxygen atoms in total. The van der Waals surface area contributed by atoms with E-state index in [2.05, 4.69) is 6.92 Å². The van der Waals surface area contributed by atoms with Crippen LogP contribution in [0.4, 0.5) is 0 Å². The first kappa shape index (κ1) is 14.5. The zero-order chi connectivity index (χ0) is 15.0. The number of aliphatic carboxylic acids is 1. The molecule has 2 unspecified atom stereocenters. The number of ether oxygens (including phenoxy) is 1. The number of rotatable bonds is 2. The van der Waals surface area contributed by atoms with Crippen LogP contribution in [-0.4, -0.2) is 47.7 Å². The highest BCUT2D eigenvalue weighted by Gasteiger charge is 2.35. The van der Waals surface area contributed by atoms with Crippen LogP contribution in [0.1, 0.15) is 34.1 Å². The Kier molecular flexibility index (Phi) is 3.99. The first-order valence-electron chi connectivity index (χ1n) is 7.28. The molecule has 0 aromatic carbocycles. The molecule has 1 aromatic rings. The maximum absolute atomic E-state index is 12.7. The Balaban J connectivity index is 1.86. The molecule has 1 N–H and O–H groups in total. The molecule has 1 aromatic heterocycles. The average molecular weight is 309 g/mol. The standard InChI is InChI=1S/C15H19NO4S/c1-9-2-3-10-11(8-21-13(10)6-9)14(17)16-4-5-20-7-12(16)15(18)19/h8-9,12H,2-7H2,1H3,(H,18,19). The molecule has 2 heterocycles. The van der Waals surface area contributed by atoms with Gasteiger partial charge in [0.1, 0.15) is 0 Å². The van der Waals surface area contributed by atoms with Crippen LogP contribution in [0.15, 0.2) is 5.38 Å². The van der Waals surface area contributed by atoms with Gasteiger partial charge in [0, 0.05) is 16.8 Å². The fraction of sp³-hybridized carbons (Fsp3) is 0.600. The molecule has 1 aliphatic carbocycles. The SMILES string of the molecule is CC1CCc2c(C(=O)N3CCOCC3C(=O)O)csc2C1. The third-order valence-electron chi connectivity index (χ3n) is 4.31. The summed E-state index contributed by atoms with van der Waals surface area (Å²) in [5, 5.41) is 11.2. The van der Waals surface area contributed by atoms with Crippen molar-refractivity contribution in [3.63, 3.8) is 0 Å². The molecule has 0 spiro atoms. The predicted molar refractivity (Wildman–Crippen MR) is 78.8 cm³/mol. The number of amides is 1. The van der Waals surface area contributed by atoms with Crippen LogP contribution < -0.4 is 0 Å². The number of fused-ring (bicyclic) bond motifs is 1. The summed E-state index contributed by atoms with van der Waals surface area (Å²) in [6.45, 7) is 3.05. The highest BCUT2D eigenvalue weighted by molar-refractivity contribution is 7.10. The van der Waals surface area contributed by atoms with E-state index in [1.807, 2.05) is 5.38 Å². The monoisotopic (exact) mass is 309 g/mol. The van der Waals surface area contributed by atoms with Crippen molar-refractivity contribution in [2.45, 2.75) is 32.2 Å². The normalized spacial score (nSPS) is 25.5. The molecular weight excluding hydrogens is 290 g/mol. The van der Waals surface area contributed by atoms with E-state index in [9.17, 15) is 14.7 Å². The minimum Gasteiger partial charge on any atom is -0.480 e. The zero-order valence-electron chi connectivity index (χ0n) is 12.0. The molecule has 1 amide bonds. The van der Waals surface area contributed by atoms with Crippen molar-refractivity contribution in [3.05, 3.63) is 21.4 Å². The number of carbonyl (C=O) groups is 2. The third kappa shape index (κ3) is 2.70. The van der Waals surface area contributed by atoms with E-state index in [1.54, 1.807) is 11.3 Å². The van der Waals surface area contributed by atoms with Crippen molar-refractivity contribution in [2.24, 2.45) is 5.92 Å². The molecule has 6 heteroatoms. The number of carbonyl (C=O) groups excluding carboxylic acids is 1. The molecule has 0 bridgehead atoms. The molecule has 3 rings (SSSR count). The summed E-state index contributed by atoms with van der Waals surface area (Å²) < 4.78 is 5.20. The maximum Gasteiger partial charge on any atom is 0.328 e. The Morgan fingerprint density at radius 1 is 1.48 bits per heavy atom. The topological polar surface area (TPSA) is 66.8 Å². The van der Waals surface area contributed by atoms with Crippen LogP contribution in [-0.2, 0) is 22.4 Å². The van der Waals surface area contributed by atoms with Crippen molar-refractivity contribution < 1.29 is 19.4 Å². The molecule has 1 saturated heterocycles. The van der Waals surface area contributed by atoms with E-state index >= 15 is 0 Å². The number of carboxylic acids is 1. The van der Waals surface area contributed by atoms with Gasteiger partial charge in [0.2, 0.25) is 0 Å². The summed E-state index contributed by atoms with van der Waals surface area (Å²) in [5.74, 6) is -0.493. The summed E-state index contributed by atoms with van der Waals surface area (Å²) in [6, 6.07) is -0.871. The van der Waals surface area contributed by atoms with Crippen molar-refractivity contribution >= 4 is 23.2 Å². The van der Waals surface area contributed by atoms with Gasteiger partial charge in [-0.25, -0.2) is 4.79 Å². The van der Waals surface area contributed by atoms with Gasteiger partial charge in [0.15, 0.2) is 6.04 Å². The van der Waals surface area contributed by atoms with E-state index in [0.717, 1.165) is 24.8 Å². The molecule has 0 radical (unpaired) electrons. The summed E-state index contributed by atoms with van der Waals surface area (Å²) in [6.07, 6.45) is 3.04. The van der Waals surface area contributed by atoms with Gasteiger partial charge in [0.05, 0.1) is 18.8 Å². The smallest absolute Gasteiger partial charge is 0.328 e. The van der Waals surface area contributed by atoms with Crippen LogP contribution in [0.5, 0.6) is 0 Å². The molecule has 1 aliphatic heterocycles. The van der Waals surface area contributed by atoms with Crippen LogP contribution in [0.3, 0.4) is 0 Å². The number of carboxylic acid groups (broad SMARTS) is 1. The molecular formula is C15H19NO4S. The molecule has 2 atom stereocenters. The van der Waals surface area contributed by atoms with Gasteiger partial charge in [-0.2, -0.15) is 0 Å². The Hall–Kier alpha value is -1.40. The minimum absolute atomic E-state index is 0.0738. The largest absolute Gasteiger partial charge is 0.480 e. The summed E-state index contributed by atoms with van der Waals surface area (Å²) in [4.78, 5) is 26.8. The number of hydrogen-bond donors (Lipinski definition) is 1. The van der Waals surface area contributed by atoms with Gasteiger partial charge >= 0.3 is 5.97 Å². The Bertz CT molecular complexity index is 568. The van der Waals surface area contributed by atoms with E-state index in [1.165, 1.54) is 9.78 Å². The Morgan fingerprint density at radius 3 is 3.05 bits per heavy atom. The Morgan fingerprint density at radius 2 is 2.29 bits per heavy atom. The minimum atomic E-state index is -0.999. The average Bonchev–Trinajstić information content (AvgIpc) is 2.89. The van der Waals surface area contributed by atoms with Crippen LogP contribution >= 0.6 is 11.3 Å². The summed E-state index contributed by atoms with van der Waals surface area (Å²) in [7, 11) is 0. The van der Waals surface area contributed by atoms with Crippen LogP contribution in [0, 0.1) is 5.92 Å². The molecule has 0 saturated carbocycles. The number of nitrogens with zero attached hydrogens (tertiary/aromatic N) is 1. The number of thiophene rings is 1. The van der Waals surface area contributed by atoms with E-state index < -0.39 is 12.0 Å². The summed E-state index contributed by atoms with van der Waals surface area (Å²) in [5.41, 5.74) is 1.84. The first-order valence-corrected chi connectivity index (χ1v) is 8.16. The van der Waals surface area contributed by atoms with Gasteiger partial charge < -0.3 is 14.7 Å².